The zero-order valence-corrected chi connectivity index (χ0v) is 24.1. The summed E-state index contributed by atoms with van der Waals surface area (Å²) < 4.78 is 46.5. The third-order valence-electron chi connectivity index (χ3n) is 9.07. The standard InChI is InChI=1S/C28H34FN5O3.C2HF3O2/c1-17(35)34-15-20-10-21(34)11-24(20)31-27-12-22(23(29)13-30-27)28(37)33-9-7-25(26(36)16-33)32-8-6-18-4-2-3-5-19(18)14-32;3-2(4,5)1(6)7/h2-5,12-13,20-21,24-26,36H,6-11,14-16H2,1H3,(H,30,31);(H,6,7)/t20?,21?,24?,25-,26-;/m0./s1. The predicted molar refractivity (Wildman–Crippen MR) is 150 cm³/mol. The van der Waals surface area contributed by atoms with Crippen molar-refractivity contribution in [2.24, 2.45) is 5.92 Å². The molecular weight excluding hydrogens is 586 g/mol. The number of aromatic nitrogens is 1. The second-order valence-electron chi connectivity index (χ2n) is 11.8. The topological polar surface area (TPSA) is 126 Å². The van der Waals surface area contributed by atoms with Crippen LogP contribution >= 0.6 is 0 Å². The lowest BCUT2D eigenvalue weighted by atomic mass is 9.94. The van der Waals surface area contributed by atoms with Gasteiger partial charge in [-0.3, -0.25) is 14.5 Å². The number of hydrogen-bond acceptors (Lipinski definition) is 7. The number of benzene rings is 1. The van der Waals surface area contributed by atoms with Gasteiger partial charge in [0.1, 0.15) is 5.82 Å². The van der Waals surface area contributed by atoms with E-state index in [1.165, 1.54) is 17.2 Å². The van der Waals surface area contributed by atoms with E-state index >= 15 is 0 Å². The number of halogens is 4. The highest BCUT2D eigenvalue weighted by atomic mass is 19.4. The number of hydrogen-bond donors (Lipinski definition) is 3. The number of carboxylic acids is 1. The van der Waals surface area contributed by atoms with Crippen LogP contribution in [0.3, 0.4) is 0 Å². The Kier molecular flexibility index (Phi) is 9.12. The molecule has 4 aliphatic rings. The number of nitrogens with one attached hydrogen (secondary N) is 1. The molecule has 3 fully saturated rings. The van der Waals surface area contributed by atoms with Crippen LogP contribution in [0.2, 0.25) is 0 Å². The fraction of sp³-hybridized carbons (Fsp3) is 0.533. The number of aliphatic carboxylic acids is 1. The van der Waals surface area contributed by atoms with Gasteiger partial charge in [0.25, 0.3) is 5.91 Å². The first-order valence-corrected chi connectivity index (χ1v) is 14.6. The van der Waals surface area contributed by atoms with Gasteiger partial charge in [0, 0.05) is 57.8 Å². The van der Waals surface area contributed by atoms with Gasteiger partial charge in [0.05, 0.1) is 17.9 Å². The molecule has 1 saturated carbocycles. The monoisotopic (exact) mass is 621 g/mol. The molecule has 1 aliphatic carbocycles. The van der Waals surface area contributed by atoms with Crippen LogP contribution in [-0.2, 0) is 22.6 Å². The van der Waals surface area contributed by atoms with Crippen molar-refractivity contribution in [2.45, 2.75) is 69.6 Å². The van der Waals surface area contributed by atoms with Gasteiger partial charge in [0.2, 0.25) is 5.91 Å². The Bertz CT molecular complexity index is 1410. The van der Waals surface area contributed by atoms with Gasteiger partial charge in [-0.15, -0.1) is 0 Å². The van der Waals surface area contributed by atoms with Crippen LogP contribution in [0.4, 0.5) is 23.4 Å². The molecule has 1 aromatic carbocycles. The summed E-state index contributed by atoms with van der Waals surface area (Å²) in [4.78, 5) is 44.0. The van der Waals surface area contributed by atoms with Gasteiger partial charge < -0.3 is 25.3 Å². The van der Waals surface area contributed by atoms with E-state index in [0.717, 1.165) is 45.1 Å². The first kappa shape index (κ1) is 31.6. The molecule has 0 radical (unpaired) electrons. The summed E-state index contributed by atoms with van der Waals surface area (Å²) in [5.41, 5.74) is 2.63. The highest BCUT2D eigenvalue weighted by molar-refractivity contribution is 5.95. The maximum atomic E-state index is 14.7. The van der Waals surface area contributed by atoms with Crippen LogP contribution in [0.1, 0.15) is 47.7 Å². The molecule has 2 bridgehead atoms. The predicted octanol–water partition coefficient (Wildman–Crippen LogP) is 2.91. The average Bonchev–Trinajstić information content (AvgIpc) is 3.58. The quantitative estimate of drug-likeness (QED) is 0.445. The molecule has 44 heavy (non-hydrogen) atoms. The van der Waals surface area contributed by atoms with Crippen molar-refractivity contribution in [1.82, 2.24) is 19.7 Å². The lowest BCUT2D eigenvalue weighted by Gasteiger charge is -2.43. The molecule has 3 aliphatic heterocycles. The Balaban J connectivity index is 0.000000493. The van der Waals surface area contributed by atoms with Gasteiger partial charge >= 0.3 is 12.1 Å². The van der Waals surface area contributed by atoms with Crippen LogP contribution in [0.5, 0.6) is 0 Å². The number of aliphatic hydroxyl groups is 1. The zero-order valence-electron chi connectivity index (χ0n) is 24.1. The molecule has 10 nitrogen and oxygen atoms in total. The Morgan fingerprint density at radius 2 is 1.77 bits per heavy atom. The summed E-state index contributed by atoms with van der Waals surface area (Å²) in [6, 6.07) is 10.3. The lowest BCUT2D eigenvalue weighted by Crippen LogP contribution is -2.56. The zero-order chi connectivity index (χ0) is 31.8. The van der Waals surface area contributed by atoms with E-state index in [1.807, 2.05) is 11.0 Å². The van der Waals surface area contributed by atoms with E-state index in [2.05, 4.69) is 33.4 Å². The van der Waals surface area contributed by atoms with Crippen molar-refractivity contribution in [3.8, 4) is 0 Å². The molecular formula is C30H35F4N5O5. The largest absolute Gasteiger partial charge is 0.490 e. The fourth-order valence-corrected chi connectivity index (χ4v) is 6.89. The molecule has 6 rings (SSSR count). The van der Waals surface area contributed by atoms with Crippen molar-refractivity contribution in [2.75, 3.05) is 31.5 Å². The number of carbonyl (C=O) groups excluding carboxylic acids is 2. The second kappa shape index (κ2) is 12.7. The summed E-state index contributed by atoms with van der Waals surface area (Å²) in [6.07, 6.45) is -1.30. The Hall–Kier alpha value is -3.78. The van der Waals surface area contributed by atoms with Crippen LogP contribution < -0.4 is 5.32 Å². The summed E-state index contributed by atoms with van der Waals surface area (Å²) in [5.74, 6) is -2.92. The van der Waals surface area contributed by atoms with Gasteiger partial charge in [-0.1, -0.05) is 24.3 Å². The number of pyridine rings is 1. The molecule has 238 valence electrons. The van der Waals surface area contributed by atoms with Crippen molar-refractivity contribution < 1.29 is 42.2 Å². The second-order valence-corrected chi connectivity index (χ2v) is 11.8. The van der Waals surface area contributed by atoms with Crippen molar-refractivity contribution in [3.05, 3.63) is 59.0 Å². The number of rotatable bonds is 4. The Morgan fingerprint density at radius 1 is 1.07 bits per heavy atom. The number of piperidine rings is 2. The molecule has 3 N–H and O–H groups in total. The molecule has 5 atom stereocenters. The number of carboxylic acid groups (broad SMARTS) is 1. The van der Waals surface area contributed by atoms with Crippen molar-refractivity contribution in [1.29, 1.82) is 0 Å². The number of aliphatic hydroxyl groups excluding tert-OH is 1. The number of alkyl halides is 3. The first-order chi connectivity index (χ1) is 20.8. The van der Waals surface area contributed by atoms with Crippen LogP contribution in [0.15, 0.2) is 36.5 Å². The van der Waals surface area contributed by atoms with Crippen molar-refractivity contribution >= 4 is 23.6 Å². The van der Waals surface area contributed by atoms with E-state index in [4.69, 9.17) is 9.90 Å². The van der Waals surface area contributed by atoms with Crippen LogP contribution in [0, 0.1) is 11.7 Å². The fourth-order valence-electron chi connectivity index (χ4n) is 6.89. The van der Waals surface area contributed by atoms with E-state index in [0.29, 0.717) is 24.7 Å². The number of amides is 2. The van der Waals surface area contributed by atoms with Gasteiger partial charge in [-0.2, -0.15) is 13.2 Å². The summed E-state index contributed by atoms with van der Waals surface area (Å²) in [7, 11) is 0. The molecule has 14 heteroatoms. The third-order valence-corrected chi connectivity index (χ3v) is 9.07. The smallest absolute Gasteiger partial charge is 0.475 e. The van der Waals surface area contributed by atoms with E-state index in [-0.39, 0.29) is 36.1 Å². The normalized spacial score (nSPS) is 26.5. The van der Waals surface area contributed by atoms with Crippen molar-refractivity contribution in [3.63, 3.8) is 0 Å². The van der Waals surface area contributed by atoms with E-state index in [1.54, 1.807) is 11.8 Å². The minimum absolute atomic E-state index is 0.0238. The van der Waals surface area contributed by atoms with Gasteiger partial charge in [0.15, 0.2) is 5.82 Å². The highest BCUT2D eigenvalue weighted by Gasteiger charge is 2.46. The summed E-state index contributed by atoms with van der Waals surface area (Å²) in [5, 5.41) is 21.5. The Morgan fingerprint density at radius 3 is 2.39 bits per heavy atom. The van der Waals surface area contributed by atoms with Gasteiger partial charge in [-0.25, -0.2) is 14.2 Å². The minimum atomic E-state index is -5.08. The molecule has 3 unspecified atom stereocenters. The summed E-state index contributed by atoms with van der Waals surface area (Å²) in [6.45, 7) is 4.66. The maximum absolute atomic E-state index is 14.7. The van der Waals surface area contributed by atoms with E-state index in [9.17, 15) is 32.3 Å². The molecule has 0 spiro atoms. The Labute approximate surface area is 251 Å². The number of carbonyl (C=O) groups is 3. The summed E-state index contributed by atoms with van der Waals surface area (Å²) >= 11 is 0. The number of anilines is 1. The third kappa shape index (κ3) is 6.80. The number of fused-ring (bicyclic) bond motifs is 3. The molecule has 1 aromatic heterocycles. The molecule has 2 amide bonds. The van der Waals surface area contributed by atoms with E-state index < -0.39 is 30.0 Å². The first-order valence-electron chi connectivity index (χ1n) is 14.6. The minimum Gasteiger partial charge on any atom is -0.475 e. The highest BCUT2D eigenvalue weighted by Crippen LogP contribution is 2.39. The number of likely N-dealkylation sites (tertiary alicyclic amines) is 2. The average molecular weight is 622 g/mol. The van der Waals surface area contributed by atoms with Crippen LogP contribution in [-0.4, -0.2) is 104 Å². The molecule has 2 aromatic rings. The van der Waals surface area contributed by atoms with Gasteiger partial charge in [-0.05, 0) is 48.8 Å². The van der Waals surface area contributed by atoms with Crippen LogP contribution in [0.25, 0.3) is 0 Å². The molecule has 4 heterocycles. The lowest BCUT2D eigenvalue weighted by molar-refractivity contribution is -0.192. The number of β-amino-alcohol motifs (C(OH)–C–C–N with tert-alkyl or cyclic N) is 1. The maximum Gasteiger partial charge on any atom is 0.490 e. The molecule has 2 saturated heterocycles. The number of nitrogens with zero attached hydrogens (tertiary/aromatic N) is 4. The SMILES string of the molecule is CC(=O)N1CC2CC1CC2Nc1cc(C(=O)N2CC[C@H](N3CCc4ccccc4C3)[C@@H](O)C2)c(F)cn1.O=C(O)C(F)(F)F.